The van der Waals surface area contributed by atoms with E-state index in [1.54, 1.807) is 11.8 Å². The molecule has 1 amide bonds. The van der Waals surface area contributed by atoms with E-state index in [9.17, 15) is 13.2 Å². The van der Waals surface area contributed by atoms with Gasteiger partial charge in [0.1, 0.15) is 5.82 Å². The summed E-state index contributed by atoms with van der Waals surface area (Å²) in [5.74, 6) is 1.39. The number of nitrogens with zero attached hydrogens (tertiary/aromatic N) is 1. The number of amides is 1. The lowest BCUT2D eigenvalue weighted by Gasteiger charge is -2.16. The molecule has 9 heteroatoms. The summed E-state index contributed by atoms with van der Waals surface area (Å²) in [5.41, 5.74) is 1.78. The fraction of sp³-hybridized carbons (Fsp3) is 0.467. The summed E-state index contributed by atoms with van der Waals surface area (Å²) in [5, 5.41) is 2.93. The molecular formula is C15H22N4O3S2. The highest BCUT2D eigenvalue weighted by atomic mass is 32.2. The lowest BCUT2D eigenvalue weighted by Crippen LogP contribution is -2.33. The van der Waals surface area contributed by atoms with Crippen molar-refractivity contribution in [1.82, 2.24) is 20.0 Å². The van der Waals surface area contributed by atoms with Gasteiger partial charge in [-0.25, -0.2) is 18.1 Å². The van der Waals surface area contributed by atoms with Crippen LogP contribution in [0.5, 0.6) is 0 Å². The maximum atomic E-state index is 12.1. The molecule has 1 atom stereocenters. The fourth-order valence-corrected chi connectivity index (χ4v) is 3.21. The third-order valence-electron chi connectivity index (χ3n) is 3.40. The number of aromatic nitrogens is 2. The summed E-state index contributed by atoms with van der Waals surface area (Å²) in [7, 11) is -3.28. The monoisotopic (exact) mass is 370 g/mol. The Morgan fingerprint density at radius 2 is 2.12 bits per heavy atom. The Morgan fingerprint density at radius 3 is 2.79 bits per heavy atom. The molecule has 2 rings (SSSR count). The average Bonchev–Trinajstić information content (AvgIpc) is 2.94. The zero-order valence-electron chi connectivity index (χ0n) is 13.7. The normalized spacial score (nSPS) is 13.1. The van der Waals surface area contributed by atoms with Crippen LogP contribution in [0.4, 0.5) is 0 Å². The van der Waals surface area contributed by atoms with Gasteiger partial charge in [0, 0.05) is 13.0 Å². The highest BCUT2D eigenvalue weighted by Gasteiger charge is 2.18. The second-order valence-corrected chi connectivity index (χ2v) is 8.28. The molecule has 0 saturated carbocycles. The van der Waals surface area contributed by atoms with Gasteiger partial charge in [-0.1, -0.05) is 12.1 Å². The summed E-state index contributed by atoms with van der Waals surface area (Å²) < 4.78 is 24.4. The van der Waals surface area contributed by atoms with Gasteiger partial charge in [-0.3, -0.25) is 4.79 Å². The first kappa shape index (κ1) is 18.8. The van der Waals surface area contributed by atoms with Crippen LogP contribution in [0.3, 0.4) is 0 Å². The van der Waals surface area contributed by atoms with Crippen LogP contribution in [0.2, 0.25) is 0 Å². The number of para-hydroxylation sites is 2. The molecule has 0 spiro atoms. The van der Waals surface area contributed by atoms with Gasteiger partial charge in [-0.05, 0) is 30.6 Å². The fourth-order valence-electron chi connectivity index (χ4n) is 2.27. The largest absolute Gasteiger partial charge is 0.346 e. The van der Waals surface area contributed by atoms with Gasteiger partial charge in [-0.2, -0.15) is 11.8 Å². The number of hydrogen-bond acceptors (Lipinski definition) is 5. The van der Waals surface area contributed by atoms with E-state index in [0.29, 0.717) is 0 Å². The molecule has 0 aliphatic rings. The summed E-state index contributed by atoms with van der Waals surface area (Å²) in [4.78, 5) is 19.9. The number of hydrogen-bond donors (Lipinski definition) is 3. The van der Waals surface area contributed by atoms with Gasteiger partial charge < -0.3 is 10.3 Å². The van der Waals surface area contributed by atoms with Crippen LogP contribution in [0, 0.1) is 0 Å². The van der Waals surface area contributed by atoms with Crippen molar-refractivity contribution >= 4 is 38.7 Å². The SMILES string of the molecule is CSCCC(NC(=O)CCNS(C)(=O)=O)c1nc2ccccc2[nH]1. The van der Waals surface area contributed by atoms with Crippen molar-refractivity contribution in [2.24, 2.45) is 0 Å². The summed E-state index contributed by atoms with van der Waals surface area (Å²) in [6.45, 7) is 0.0834. The van der Waals surface area contributed by atoms with Gasteiger partial charge in [0.2, 0.25) is 15.9 Å². The second kappa shape index (κ2) is 8.50. The molecule has 0 saturated heterocycles. The first-order valence-electron chi connectivity index (χ1n) is 7.56. The number of aromatic amines is 1. The van der Waals surface area contributed by atoms with Crippen molar-refractivity contribution in [3.8, 4) is 0 Å². The first-order valence-corrected chi connectivity index (χ1v) is 10.8. The first-order chi connectivity index (χ1) is 11.4. The van der Waals surface area contributed by atoms with Crippen molar-refractivity contribution < 1.29 is 13.2 Å². The number of benzene rings is 1. The third kappa shape index (κ3) is 5.81. The molecule has 3 N–H and O–H groups in total. The molecule has 1 unspecified atom stereocenters. The van der Waals surface area contributed by atoms with Crippen LogP contribution < -0.4 is 10.0 Å². The van der Waals surface area contributed by atoms with Gasteiger partial charge >= 0.3 is 0 Å². The predicted octanol–water partition coefficient (Wildman–Crippen LogP) is 1.41. The lowest BCUT2D eigenvalue weighted by atomic mass is 10.2. The van der Waals surface area contributed by atoms with Crippen LogP contribution in [-0.4, -0.2) is 49.1 Å². The summed E-state index contributed by atoms with van der Waals surface area (Å²) >= 11 is 1.70. The predicted molar refractivity (Wildman–Crippen MR) is 97.4 cm³/mol. The standard InChI is InChI=1S/C15H22N4O3S2/c1-23-10-8-13(17-14(20)7-9-16-24(2,21)22)15-18-11-5-3-4-6-12(11)19-15/h3-6,13,16H,7-10H2,1-2H3,(H,17,20)(H,18,19). The minimum absolute atomic E-state index is 0.0834. The Morgan fingerprint density at radius 1 is 1.38 bits per heavy atom. The number of rotatable bonds is 9. The molecule has 0 aliphatic carbocycles. The molecule has 7 nitrogen and oxygen atoms in total. The van der Waals surface area contributed by atoms with Crippen molar-refractivity contribution in [1.29, 1.82) is 0 Å². The molecule has 0 bridgehead atoms. The average molecular weight is 371 g/mol. The van der Waals surface area contributed by atoms with Crippen molar-refractivity contribution in [3.05, 3.63) is 30.1 Å². The smallest absolute Gasteiger partial charge is 0.221 e. The summed E-state index contributed by atoms with van der Waals surface area (Å²) in [6.07, 6.45) is 3.91. The summed E-state index contributed by atoms with van der Waals surface area (Å²) in [6, 6.07) is 7.47. The Labute approximate surface area is 146 Å². The number of nitrogens with one attached hydrogen (secondary N) is 3. The Kier molecular flexibility index (Phi) is 6.64. The minimum Gasteiger partial charge on any atom is -0.346 e. The van der Waals surface area contributed by atoms with E-state index >= 15 is 0 Å². The molecular weight excluding hydrogens is 348 g/mol. The maximum absolute atomic E-state index is 12.1. The molecule has 2 aromatic rings. The van der Waals surface area contributed by atoms with Crippen LogP contribution in [-0.2, 0) is 14.8 Å². The number of carbonyl (C=O) groups excluding carboxylic acids is 1. The van der Waals surface area contributed by atoms with E-state index in [4.69, 9.17) is 0 Å². The van der Waals surface area contributed by atoms with Crippen LogP contribution in [0.15, 0.2) is 24.3 Å². The Hall–Kier alpha value is -1.58. The van der Waals surface area contributed by atoms with E-state index in [1.807, 2.05) is 30.5 Å². The van der Waals surface area contributed by atoms with Crippen molar-refractivity contribution in [3.63, 3.8) is 0 Å². The van der Waals surface area contributed by atoms with Crippen molar-refractivity contribution in [2.75, 3.05) is 24.8 Å². The lowest BCUT2D eigenvalue weighted by molar-refractivity contribution is -0.121. The zero-order chi connectivity index (χ0) is 17.6. The van der Waals surface area contributed by atoms with Crippen LogP contribution >= 0.6 is 11.8 Å². The molecule has 0 fully saturated rings. The van der Waals surface area contributed by atoms with E-state index < -0.39 is 10.0 Å². The number of imidazole rings is 1. The third-order valence-corrected chi connectivity index (χ3v) is 4.77. The Bertz CT molecular complexity index is 756. The minimum atomic E-state index is -3.28. The van der Waals surface area contributed by atoms with E-state index in [2.05, 4.69) is 20.0 Å². The number of fused-ring (bicyclic) bond motifs is 1. The molecule has 1 aromatic heterocycles. The van der Waals surface area contributed by atoms with Crippen molar-refractivity contribution in [2.45, 2.75) is 18.9 Å². The second-order valence-electron chi connectivity index (χ2n) is 5.46. The highest BCUT2D eigenvalue weighted by molar-refractivity contribution is 7.98. The quantitative estimate of drug-likeness (QED) is 0.619. The van der Waals surface area contributed by atoms with Gasteiger partial charge in [0.05, 0.1) is 23.3 Å². The maximum Gasteiger partial charge on any atom is 0.221 e. The zero-order valence-corrected chi connectivity index (χ0v) is 15.3. The highest BCUT2D eigenvalue weighted by Crippen LogP contribution is 2.20. The van der Waals surface area contributed by atoms with Gasteiger partial charge in [0.15, 0.2) is 0 Å². The topological polar surface area (TPSA) is 104 Å². The molecule has 1 heterocycles. The van der Waals surface area contributed by atoms with Crippen LogP contribution in [0.1, 0.15) is 24.7 Å². The van der Waals surface area contributed by atoms with E-state index in [-0.39, 0.29) is 24.9 Å². The number of sulfonamides is 1. The van der Waals surface area contributed by atoms with E-state index in [0.717, 1.165) is 35.3 Å². The number of H-pyrrole nitrogens is 1. The Balaban J connectivity index is 2.03. The van der Waals surface area contributed by atoms with Gasteiger partial charge in [0.25, 0.3) is 0 Å². The number of carbonyl (C=O) groups is 1. The molecule has 0 radical (unpaired) electrons. The molecule has 132 valence electrons. The number of thioether (sulfide) groups is 1. The molecule has 1 aromatic carbocycles. The van der Waals surface area contributed by atoms with E-state index in [1.165, 1.54) is 0 Å². The van der Waals surface area contributed by atoms with Crippen LogP contribution in [0.25, 0.3) is 11.0 Å². The molecule has 24 heavy (non-hydrogen) atoms. The molecule has 0 aliphatic heterocycles. The van der Waals surface area contributed by atoms with Gasteiger partial charge in [-0.15, -0.1) is 0 Å².